The van der Waals surface area contributed by atoms with Crippen LogP contribution in [0.15, 0.2) is 37.4 Å². The summed E-state index contributed by atoms with van der Waals surface area (Å²) in [6.45, 7) is 9.38. The molecular formula is C25H46Cl2N4O2. The minimum Gasteiger partial charge on any atom is -1.00 e. The number of rotatable bonds is 20. The lowest BCUT2D eigenvalue weighted by molar-refractivity contribution is -0.733. The number of hydrogen-bond acceptors (Lipinski definition) is 2. The van der Waals surface area contributed by atoms with Crippen LogP contribution in [0.25, 0.3) is 0 Å². The van der Waals surface area contributed by atoms with Gasteiger partial charge in [0.15, 0.2) is 13.5 Å². The van der Waals surface area contributed by atoms with Crippen LogP contribution < -0.4 is 33.9 Å². The number of hydrogen-bond donors (Lipinski definition) is 0. The standard InChI is InChI=1S/C25H46N4O2.2ClH/c1-3-5-7-9-11-14-26-16-18-28(22-26)24-30-20-13-21-31-25-29-19-17-27(23-29)15-12-10-8-6-4-2;;/h16-19,22-23H,3-15,20-21,24-25H2,1-2H3;2*1H/q+2;;/p-2. The highest BCUT2D eigenvalue weighted by atomic mass is 35.5. The molecule has 0 saturated carbocycles. The summed E-state index contributed by atoms with van der Waals surface area (Å²) in [6.07, 6.45) is 26.8. The van der Waals surface area contributed by atoms with E-state index in [2.05, 4.69) is 69.6 Å². The van der Waals surface area contributed by atoms with E-state index in [1.165, 1.54) is 64.2 Å². The number of nitrogens with zero attached hydrogens (tertiary/aromatic N) is 4. The Morgan fingerprint density at radius 2 is 1.00 bits per heavy atom. The Morgan fingerprint density at radius 1 is 0.576 bits per heavy atom. The Kier molecular flexibility index (Phi) is 20.8. The Morgan fingerprint density at radius 3 is 1.42 bits per heavy atom. The topological polar surface area (TPSA) is 36.1 Å². The zero-order valence-electron chi connectivity index (χ0n) is 20.8. The molecule has 0 bridgehead atoms. The van der Waals surface area contributed by atoms with Crippen LogP contribution in [0.3, 0.4) is 0 Å². The van der Waals surface area contributed by atoms with Crippen molar-refractivity contribution >= 4 is 0 Å². The fourth-order valence-corrected chi connectivity index (χ4v) is 3.69. The van der Waals surface area contributed by atoms with Gasteiger partial charge in [0.2, 0.25) is 12.7 Å². The molecule has 0 spiro atoms. The molecule has 33 heavy (non-hydrogen) atoms. The molecule has 0 atom stereocenters. The van der Waals surface area contributed by atoms with E-state index in [0.29, 0.717) is 13.5 Å². The number of halogens is 2. The third kappa shape index (κ3) is 15.4. The van der Waals surface area contributed by atoms with E-state index >= 15 is 0 Å². The lowest BCUT2D eigenvalue weighted by atomic mass is 10.1. The Bertz CT molecular complexity index is 623. The van der Waals surface area contributed by atoms with Crippen LogP contribution in [0.4, 0.5) is 0 Å². The highest BCUT2D eigenvalue weighted by Gasteiger charge is 2.05. The summed E-state index contributed by atoms with van der Waals surface area (Å²) >= 11 is 0. The number of ether oxygens (including phenoxy) is 2. The molecule has 0 fully saturated rings. The number of aryl methyl sites for hydroxylation is 2. The van der Waals surface area contributed by atoms with Crippen molar-refractivity contribution in [1.82, 2.24) is 9.13 Å². The van der Waals surface area contributed by atoms with Gasteiger partial charge in [-0.2, -0.15) is 0 Å². The summed E-state index contributed by atoms with van der Waals surface area (Å²) in [5.41, 5.74) is 0. The number of unbranched alkanes of at least 4 members (excludes halogenated alkanes) is 8. The molecule has 8 heteroatoms. The zero-order chi connectivity index (χ0) is 22.0. The molecule has 192 valence electrons. The summed E-state index contributed by atoms with van der Waals surface area (Å²) in [5, 5.41) is 0. The maximum absolute atomic E-state index is 5.78. The summed E-state index contributed by atoms with van der Waals surface area (Å²) in [7, 11) is 0. The first kappa shape index (κ1) is 31.9. The maximum Gasteiger partial charge on any atom is 0.245 e. The van der Waals surface area contributed by atoms with Crippen molar-refractivity contribution in [2.45, 2.75) is 111 Å². The Labute approximate surface area is 214 Å². The molecule has 0 aliphatic carbocycles. The van der Waals surface area contributed by atoms with Crippen molar-refractivity contribution in [1.29, 1.82) is 0 Å². The van der Waals surface area contributed by atoms with Gasteiger partial charge >= 0.3 is 0 Å². The molecule has 2 aromatic rings. The summed E-state index contributed by atoms with van der Waals surface area (Å²) in [6, 6.07) is 0. The molecule has 0 N–H and O–H groups in total. The van der Waals surface area contributed by atoms with E-state index in [1.54, 1.807) is 0 Å². The van der Waals surface area contributed by atoms with Crippen molar-refractivity contribution in [2.75, 3.05) is 13.2 Å². The predicted molar refractivity (Wildman–Crippen MR) is 123 cm³/mol. The minimum absolute atomic E-state index is 0. The first-order valence-electron chi connectivity index (χ1n) is 12.6. The molecule has 0 radical (unpaired) electrons. The molecule has 0 amide bonds. The van der Waals surface area contributed by atoms with Crippen molar-refractivity contribution in [3.05, 3.63) is 37.4 Å². The van der Waals surface area contributed by atoms with Gasteiger partial charge < -0.3 is 34.3 Å². The molecular weight excluding hydrogens is 459 g/mol. The molecule has 0 saturated heterocycles. The van der Waals surface area contributed by atoms with E-state index in [-0.39, 0.29) is 24.8 Å². The molecule has 0 aromatic carbocycles. The Hall–Kier alpha value is -1.08. The summed E-state index contributed by atoms with van der Waals surface area (Å²) in [4.78, 5) is 0. The molecule has 2 heterocycles. The smallest absolute Gasteiger partial charge is 0.245 e. The molecule has 2 aromatic heterocycles. The second kappa shape index (κ2) is 21.5. The van der Waals surface area contributed by atoms with Gasteiger partial charge in [-0.05, 0) is 32.1 Å². The average Bonchev–Trinajstić information content (AvgIpc) is 3.42. The monoisotopic (exact) mass is 504 g/mol. The van der Waals surface area contributed by atoms with Gasteiger partial charge in [-0.25, -0.2) is 18.3 Å². The lowest BCUT2D eigenvalue weighted by Crippen LogP contribution is -3.00. The number of imidazole rings is 2. The van der Waals surface area contributed by atoms with Gasteiger partial charge in [0.1, 0.15) is 24.8 Å². The fourth-order valence-electron chi connectivity index (χ4n) is 3.69. The largest absolute Gasteiger partial charge is 1.00 e. The second-order valence-electron chi connectivity index (χ2n) is 8.59. The molecule has 0 aliphatic heterocycles. The van der Waals surface area contributed by atoms with Crippen LogP contribution in [0.5, 0.6) is 0 Å². The molecule has 2 rings (SSSR count). The molecule has 0 aliphatic rings. The van der Waals surface area contributed by atoms with E-state index in [0.717, 1.165) is 32.7 Å². The van der Waals surface area contributed by atoms with Crippen molar-refractivity contribution in [2.24, 2.45) is 0 Å². The number of aromatic nitrogens is 4. The van der Waals surface area contributed by atoms with Crippen molar-refractivity contribution < 1.29 is 43.4 Å². The summed E-state index contributed by atoms with van der Waals surface area (Å²) < 4.78 is 20.3. The lowest BCUT2D eigenvalue weighted by Gasteiger charge is -2.03. The maximum atomic E-state index is 5.78. The first-order chi connectivity index (χ1) is 15.3. The third-order valence-corrected chi connectivity index (χ3v) is 5.59. The van der Waals surface area contributed by atoms with Gasteiger partial charge in [-0.1, -0.05) is 52.4 Å². The predicted octanol–water partition coefficient (Wildman–Crippen LogP) is -1.15. The highest BCUT2D eigenvalue weighted by molar-refractivity contribution is 4.66. The van der Waals surface area contributed by atoms with E-state index in [9.17, 15) is 0 Å². The average molecular weight is 506 g/mol. The van der Waals surface area contributed by atoms with Gasteiger partial charge in [-0.3, -0.25) is 0 Å². The van der Waals surface area contributed by atoms with Gasteiger partial charge in [-0.15, -0.1) is 0 Å². The summed E-state index contributed by atoms with van der Waals surface area (Å²) in [5.74, 6) is 0. The van der Waals surface area contributed by atoms with Gasteiger partial charge in [0.05, 0.1) is 26.3 Å². The van der Waals surface area contributed by atoms with Crippen molar-refractivity contribution in [3.63, 3.8) is 0 Å². The van der Waals surface area contributed by atoms with Crippen LogP contribution in [0, 0.1) is 0 Å². The van der Waals surface area contributed by atoms with E-state index in [1.807, 2.05) is 0 Å². The quantitative estimate of drug-likeness (QED) is 0.168. The van der Waals surface area contributed by atoms with Crippen LogP contribution in [-0.4, -0.2) is 22.3 Å². The minimum atomic E-state index is 0. The van der Waals surface area contributed by atoms with Crippen LogP contribution in [0.1, 0.15) is 84.5 Å². The molecule has 0 unspecified atom stereocenters. The van der Waals surface area contributed by atoms with Gasteiger partial charge in [0, 0.05) is 0 Å². The van der Waals surface area contributed by atoms with Crippen LogP contribution in [0.2, 0.25) is 0 Å². The normalized spacial score (nSPS) is 10.7. The Balaban J connectivity index is 0.00000512. The molecule has 6 nitrogen and oxygen atoms in total. The van der Waals surface area contributed by atoms with Crippen LogP contribution >= 0.6 is 0 Å². The van der Waals surface area contributed by atoms with Crippen molar-refractivity contribution in [3.8, 4) is 0 Å². The van der Waals surface area contributed by atoms with Crippen LogP contribution in [-0.2, 0) is 36.0 Å². The fraction of sp³-hybridized carbons (Fsp3) is 0.760. The third-order valence-electron chi connectivity index (χ3n) is 5.59. The zero-order valence-corrected chi connectivity index (χ0v) is 22.4. The van der Waals surface area contributed by atoms with E-state index < -0.39 is 0 Å². The SMILES string of the molecule is CCCCCCCn1cc[n+](COCCCOC[n+]2ccn(CCCCCCC)c2)c1.[Cl-].[Cl-]. The van der Waals surface area contributed by atoms with Gasteiger partial charge in [0.25, 0.3) is 0 Å². The van der Waals surface area contributed by atoms with E-state index in [4.69, 9.17) is 9.47 Å². The first-order valence-corrected chi connectivity index (χ1v) is 12.6. The highest BCUT2D eigenvalue weighted by Crippen LogP contribution is 2.04. The second-order valence-corrected chi connectivity index (χ2v) is 8.59.